The van der Waals surface area contributed by atoms with Gasteiger partial charge in [-0.15, -0.1) is 0 Å². The Balaban J connectivity index is 1.91. The summed E-state index contributed by atoms with van der Waals surface area (Å²) in [5.41, 5.74) is 4.15. The van der Waals surface area contributed by atoms with Gasteiger partial charge in [-0.25, -0.2) is 13.2 Å². The van der Waals surface area contributed by atoms with Crippen molar-refractivity contribution in [2.45, 2.75) is 31.7 Å². The molecule has 0 radical (unpaired) electrons. The third-order valence-corrected chi connectivity index (χ3v) is 7.09. The number of nitrogens with zero attached hydrogens (tertiary/aromatic N) is 2. The van der Waals surface area contributed by atoms with Crippen molar-refractivity contribution < 1.29 is 18.3 Å². The molecule has 6 nitrogen and oxygen atoms in total. The summed E-state index contributed by atoms with van der Waals surface area (Å²) in [7, 11) is -1.07. The first-order valence-electron chi connectivity index (χ1n) is 8.48. The number of sulfone groups is 1. The monoisotopic (exact) mass is 360 g/mol. The molecule has 4 rings (SSSR count). The van der Waals surface area contributed by atoms with E-state index >= 15 is 0 Å². The van der Waals surface area contributed by atoms with Crippen LogP contribution in [-0.2, 0) is 22.7 Å². The molecule has 0 saturated carbocycles. The van der Waals surface area contributed by atoms with Gasteiger partial charge in [0.1, 0.15) is 0 Å². The van der Waals surface area contributed by atoms with Gasteiger partial charge >= 0.3 is 5.97 Å². The van der Waals surface area contributed by atoms with Gasteiger partial charge in [0.15, 0.2) is 9.84 Å². The van der Waals surface area contributed by atoms with E-state index in [1.165, 1.54) is 0 Å². The minimum Gasteiger partial charge on any atom is -0.478 e. The number of fused-ring (bicyclic) bond motifs is 2. The summed E-state index contributed by atoms with van der Waals surface area (Å²) in [6.07, 6.45) is 3.44. The molecule has 2 heterocycles. The molecule has 1 aliphatic heterocycles. The highest BCUT2D eigenvalue weighted by molar-refractivity contribution is 7.91. The number of pyridine rings is 1. The standard InChI is InChI=1S/C18H20N2O4S/c1-20(12-7-8-25(23,24)10-12)17-13-3-2-4-15(13)19-16-6-5-11(18(21)22)9-14(16)17/h5-6,9,12H,2-4,7-8,10H2,1H3,(H,21,22). The zero-order valence-electron chi connectivity index (χ0n) is 14.0. The summed E-state index contributed by atoms with van der Waals surface area (Å²) in [5, 5.41) is 10.1. The van der Waals surface area contributed by atoms with E-state index in [1.807, 2.05) is 11.9 Å². The highest BCUT2D eigenvalue weighted by atomic mass is 32.2. The average Bonchev–Trinajstić information content (AvgIpc) is 3.17. The Labute approximate surface area is 146 Å². The number of anilines is 1. The normalized spacial score (nSPS) is 21.4. The fourth-order valence-electron chi connectivity index (χ4n) is 4.04. The molecular weight excluding hydrogens is 340 g/mol. The maximum Gasteiger partial charge on any atom is 0.335 e. The van der Waals surface area contributed by atoms with E-state index in [0.29, 0.717) is 6.42 Å². The van der Waals surface area contributed by atoms with Crippen LogP contribution in [0, 0.1) is 0 Å². The molecule has 25 heavy (non-hydrogen) atoms. The molecule has 7 heteroatoms. The first-order valence-corrected chi connectivity index (χ1v) is 10.3. The van der Waals surface area contributed by atoms with Crippen LogP contribution in [0.4, 0.5) is 5.69 Å². The van der Waals surface area contributed by atoms with Crippen molar-refractivity contribution in [3.8, 4) is 0 Å². The number of hydrogen-bond donors (Lipinski definition) is 1. The van der Waals surface area contributed by atoms with Crippen molar-refractivity contribution in [1.29, 1.82) is 0 Å². The SMILES string of the molecule is CN(c1c2c(nc3ccc(C(=O)O)cc13)CCC2)C1CCS(=O)(=O)C1. The van der Waals surface area contributed by atoms with Crippen LogP contribution in [0.2, 0.25) is 0 Å². The minimum absolute atomic E-state index is 0.0752. The third kappa shape index (κ3) is 2.76. The number of aromatic carboxylic acids is 1. The van der Waals surface area contributed by atoms with Gasteiger partial charge in [0.2, 0.25) is 0 Å². The summed E-state index contributed by atoms with van der Waals surface area (Å²) >= 11 is 0. The van der Waals surface area contributed by atoms with Crippen molar-refractivity contribution in [3.63, 3.8) is 0 Å². The van der Waals surface area contributed by atoms with Gasteiger partial charge < -0.3 is 10.0 Å². The van der Waals surface area contributed by atoms with Gasteiger partial charge in [-0.05, 0) is 49.4 Å². The number of carbonyl (C=O) groups is 1. The van der Waals surface area contributed by atoms with E-state index in [2.05, 4.69) is 0 Å². The molecule has 1 N–H and O–H groups in total. The van der Waals surface area contributed by atoms with Crippen LogP contribution < -0.4 is 4.90 Å². The van der Waals surface area contributed by atoms with Gasteiger partial charge in [0.25, 0.3) is 0 Å². The van der Waals surface area contributed by atoms with E-state index in [-0.39, 0.29) is 23.1 Å². The second kappa shape index (κ2) is 5.69. The Bertz CT molecular complexity index is 984. The topological polar surface area (TPSA) is 87.6 Å². The minimum atomic E-state index is -2.99. The number of hydrogen-bond acceptors (Lipinski definition) is 5. The van der Waals surface area contributed by atoms with E-state index in [9.17, 15) is 18.3 Å². The molecule has 0 spiro atoms. The Morgan fingerprint density at radius 3 is 2.80 bits per heavy atom. The van der Waals surface area contributed by atoms with Crippen LogP contribution in [0.3, 0.4) is 0 Å². The molecule has 1 aromatic carbocycles. The first kappa shape index (κ1) is 16.3. The second-order valence-corrected chi connectivity index (χ2v) is 9.17. The lowest BCUT2D eigenvalue weighted by Gasteiger charge is -2.29. The highest BCUT2D eigenvalue weighted by Crippen LogP contribution is 2.38. The predicted molar refractivity (Wildman–Crippen MR) is 96.2 cm³/mol. The van der Waals surface area contributed by atoms with Crippen molar-refractivity contribution in [2.24, 2.45) is 0 Å². The lowest BCUT2D eigenvalue weighted by Crippen LogP contribution is -2.33. The molecule has 2 aliphatic rings. The van der Waals surface area contributed by atoms with Crippen LogP contribution in [0.5, 0.6) is 0 Å². The first-order chi connectivity index (χ1) is 11.9. The van der Waals surface area contributed by atoms with E-state index in [4.69, 9.17) is 4.98 Å². The molecule has 1 aromatic heterocycles. The summed E-state index contributed by atoms with van der Waals surface area (Å²) in [5.74, 6) is -0.603. The number of rotatable bonds is 3. The second-order valence-electron chi connectivity index (χ2n) is 6.94. The smallest absolute Gasteiger partial charge is 0.335 e. The molecular formula is C18H20N2O4S. The maximum absolute atomic E-state index is 11.9. The summed E-state index contributed by atoms with van der Waals surface area (Å²) in [6, 6.07) is 4.91. The average molecular weight is 360 g/mol. The molecule has 0 bridgehead atoms. The zero-order chi connectivity index (χ0) is 17.8. The Morgan fingerprint density at radius 1 is 1.32 bits per heavy atom. The van der Waals surface area contributed by atoms with Gasteiger partial charge in [-0.2, -0.15) is 0 Å². The van der Waals surface area contributed by atoms with Gasteiger partial charge in [-0.1, -0.05) is 0 Å². The van der Waals surface area contributed by atoms with Crippen molar-refractivity contribution in [1.82, 2.24) is 4.98 Å². The van der Waals surface area contributed by atoms with E-state index < -0.39 is 15.8 Å². The van der Waals surface area contributed by atoms with Gasteiger partial charge in [0.05, 0.1) is 28.3 Å². The Hall–Kier alpha value is -2.15. The van der Waals surface area contributed by atoms with Crippen molar-refractivity contribution in [3.05, 3.63) is 35.0 Å². The zero-order valence-corrected chi connectivity index (χ0v) is 14.8. The summed E-state index contributed by atoms with van der Waals surface area (Å²) in [4.78, 5) is 18.2. The van der Waals surface area contributed by atoms with Crippen LogP contribution >= 0.6 is 0 Å². The van der Waals surface area contributed by atoms with E-state index in [0.717, 1.165) is 47.1 Å². The molecule has 1 saturated heterocycles. The van der Waals surface area contributed by atoms with Gasteiger partial charge in [0, 0.05) is 24.2 Å². The van der Waals surface area contributed by atoms with Crippen molar-refractivity contribution in [2.75, 3.05) is 23.5 Å². The van der Waals surface area contributed by atoms with Crippen LogP contribution in [0.1, 0.15) is 34.5 Å². The number of aryl methyl sites for hydroxylation is 1. The van der Waals surface area contributed by atoms with Crippen LogP contribution in [0.25, 0.3) is 10.9 Å². The maximum atomic E-state index is 11.9. The summed E-state index contributed by atoms with van der Waals surface area (Å²) < 4.78 is 23.8. The Kier molecular flexibility index (Phi) is 3.72. The quantitative estimate of drug-likeness (QED) is 0.901. The number of benzene rings is 1. The fraction of sp³-hybridized carbons (Fsp3) is 0.444. The van der Waals surface area contributed by atoms with E-state index in [1.54, 1.807) is 18.2 Å². The fourth-order valence-corrected chi connectivity index (χ4v) is 5.81. The molecule has 1 aliphatic carbocycles. The summed E-state index contributed by atoms with van der Waals surface area (Å²) in [6.45, 7) is 0. The molecule has 0 amide bonds. The number of carboxylic acids is 1. The molecule has 1 fully saturated rings. The molecule has 1 unspecified atom stereocenters. The largest absolute Gasteiger partial charge is 0.478 e. The van der Waals surface area contributed by atoms with Crippen LogP contribution in [0.15, 0.2) is 18.2 Å². The Morgan fingerprint density at radius 2 is 2.12 bits per heavy atom. The number of aromatic nitrogens is 1. The number of carboxylic acid groups (broad SMARTS) is 1. The predicted octanol–water partition coefficient (Wildman–Crippen LogP) is 2.04. The molecule has 1 atom stereocenters. The van der Waals surface area contributed by atoms with Gasteiger partial charge in [-0.3, -0.25) is 4.98 Å². The van der Waals surface area contributed by atoms with Crippen LogP contribution in [-0.4, -0.2) is 49.1 Å². The van der Waals surface area contributed by atoms with Crippen molar-refractivity contribution >= 4 is 32.4 Å². The third-order valence-electron chi connectivity index (χ3n) is 5.34. The highest BCUT2D eigenvalue weighted by Gasteiger charge is 2.33. The lowest BCUT2D eigenvalue weighted by atomic mass is 10.0. The lowest BCUT2D eigenvalue weighted by molar-refractivity contribution is 0.0697. The molecule has 2 aromatic rings. The molecule has 132 valence electrons.